The van der Waals surface area contributed by atoms with Crippen LogP contribution in [0.4, 0.5) is 0 Å². The molecule has 0 fully saturated rings. The molecule has 0 bridgehead atoms. The van der Waals surface area contributed by atoms with Crippen LogP contribution in [0.5, 0.6) is 11.5 Å². The van der Waals surface area contributed by atoms with Crippen molar-refractivity contribution in [3.63, 3.8) is 0 Å². The molecular formula is C14H9BrClIN2O3. The summed E-state index contributed by atoms with van der Waals surface area (Å²) in [5.41, 5.74) is 2.72. The maximum atomic E-state index is 11.9. The van der Waals surface area contributed by atoms with Gasteiger partial charge in [0.2, 0.25) is 0 Å². The smallest absolute Gasteiger partial charge is 0.275 e. The first-order valence-electron chi connectivity index (χ1n) is 5.88. The summed E-state index contributed by atoms with van der Waals surface area (Å²) < 4.78 is 1.42. The van der Waals surface area contributed by atoms with Crippen LogP contribution < -0.4 is 5.43 Å². The minimum Gasteiger partial charge on any atom is -0.507 e. The van der Waals surface area contributed by atoms with E-state index in [-0.39, 0.29) is 17.1 Å². The predicted octanol–water partition coefficient (Wildman–Crippen LogP) is 3.88. The van der Waals surface area contributed by atoms with Crippen LogP contribution in [0.1, 0.15) is 15.9 Å². The van der Waals surface area contributed by atoms with E-state index in [2.05, 4.69) is 26.5 Å². The van der Waals surface area contributed by atoms with Gasteiger partial charge in [0.05, 0.1) is 15.3 Å². The fourth-order valence-electron chi connectivity index (χ4n) is 1.60. The molecule has 2 rings (SSSR count). The van der Waals surface area contributed by atoms with E-state index < -0.39 is 5.91 Å². The number of carbonyl (C=O) groups is 1. The van der Waals surface area contributed by atoms with Gasteiger partial charge in [-0.15, -0.1) is 0 Å². The van der Waals surface area contributed by atoms with Gasteiger partial charge in [-0.05, 0) is 52.9 Å². The Hall–Kier alpha value is -1.32. The van der Waals surface area contributed by atoms with Gasteiger partial charge < -0.3 is 10.2 Å². The maximum Gasteiger partial charge on any atom is 0.275 e. The van der Waals surface area contributed by atoms with Crippen LogP contribution in [-0.4, -0.2) is 22.3 Å². The van der Waals surface area contributed by atoms with Crippen molar-refractivity contribution >= 4 is 62.2 Å². The minimum absolute atomic E-state index is 0.0118. The normalized spacial score (nSPS) is 10.9. The van der Waals surface area contributed by atoms with Crippen molar-refractivity contribution in [2.24, 2.45) is 5.10 Å². The molecule has 0 saturated carbocycles. The summed E-state index contributed by atoms with van der Waals surface area (Å²) in [6.45, 7) is 0. The van der Waals surface area contributed by atoms with E-state index in [1.807, 2.05) is 22.6 Å². The van der Waals surface area contributed by atoms with E-state index in [0.717, 1.165) is 4.47 Å². The van der Waals surface area contributed by atoms with Crippen LogP contribution in [0.25, 0.3) is 0 Å². The van der Waals surface area contributed by atoms with E-state index in [0.29, 0.717) is 14.2 Å². The van der Waals surface area contributed by atoms with Crippen LogP contribution >= 0.6 is 50.1 Å². The Morgan fingerprint density at radius 1 is 1.32 bits per heavy atom. The minimum atomic E-state index is -0.611. The van der Waals surface area contributed by atoms with Gasteiger partial charge in [-0.25, -0.2) is 5.43 Å². The summed E-state index contributed by atoms with van der Waals surface area (Å²) in [6.07, 6.45) is 1.31. The molecule has 3 N–H and O–H groups in total. The average Bonchev–Trinajstić information content (AvgIpc) is 2.46. The molecule has 2 aromatic carbocycles. The number of benzene rings is 2. The number of hydrogen-bond acceptors (Lipinski definition) is 4. The van der Waals surface area contributed by atoms with Crippen molar-refractivity contribution in [1.82, 2.24) is 5.43 Å². The number of halogens is 3. The third-order valence-corrected chi connectivity index (χ3v) is 4.15. The van der Waals surface area contributed by atoms with E-state index >= 15 is 0 Å². The lowest BCUT2D eigenvalue weighted by molar-refractivity contribution is 0.0952. The molecule has 0 aliphatic rings. The number of nitrogens with one attached hydrogen (secondary N) is 1. The molecule has 0 aromatic heterocycles. The fourth-order valence-corrected chi connectivity index (χ4v) is 3.32. The number of carbonyl (C=O) groups excluding carboxylic acids is 1. The molecule has 0 aliphatic carbocycles. The Morgan fingerprint density at radius 3 is 2.77 bits per heavy atom. The SMILES string of the molecule is O=C(NN=Cc1cc(Br)cc(I)c1O)c1cc(Cl)ccc1O. The largest absolute Gasteiger partial charge is 0.507 e. The summed E-state index contributed by atoms with van der Waals surface area (Å²) in [4.78, 5) is 11.9. The summed E-state index contributed by atoms with van der Waals surface area (Å²) in [7, 11) is 0. The van der Waals surface area contributed by atoms with E-state index in [4.69, 9.17) is 11.6 Å². The Morgan fingerprint density at radius 2 is 2.05 bits per heavy atom. The van der Waals surface area contributed by atoms with Crippen LogP contribution in [0.15, 0.2) is 39.9 Å². The number of hydrogen-bond donors (Lipinski definition) is 3. The van der Waals surface area contributed by atoms with Crippen molar-refractivity contribution in [3.05, 3.63) is 54.5 Å². The van der Waals surface area contributed by atoms with E-state index in [1.165, 1.54) is 24.4 Å². The summed E-state index contributed by atoms with van der Waals surface area (Å²) in [5.74, 6) is -0.746. The molecule has 114 valence electrons. The maximum absolute atomic E-state index is 11.9. The number of phenolic OH excluding ortho intramolecular Hbond substituents is 2. The van der Waals surface area contributed by atoms with Gasteiger partial charge in [0.1, 0.15) is 11.5 Å². The standard InChI is InChI=1S/C14H9BrClIN2O3/c15-8-3-7(13(21)11(17)4-8)6-18-19-14(22)10-5-9(16)1-2-12(10)20/h1-6,20-21H,(H,19,22). The molecule has 22 heavy (non-hydrogen) atoms. The Bertz CT molecular complexity index is 768. The number of aromatic hydroxyl groups is 2. The van der Waals surface area contributed by atoms with Crippen molar-refractivity contribution in [1.29, 1.82) is 0 Å². The molecule has 0 aliphatic heterocycles. The Balaban J connectivity index is 2.16. The quantitative estimate of drug-likeness (QED) is 0.344. The second-order valence-electron chi connectivity index (χ2n) is 4.19. The van der Waals surface area contributed by atoms with Crippen LogP contribution in [0, 0.1) is 3.57 Å². The molecule has 1 amide bonds. The van der Waals surface area contributed by atoms with Gasteiger partial charge in [-0.1, -0.05) is 27.5 Å². The first-order valence-corrected chi connectivity index (χ1v) is 8.13. The van der Waals surface area contributed by atoms with Gasteiger partial charge >= 0.3 is 0 Å². The highest BCUT2D eigenvalue weighted by Gasteiger charge is 2.11. The van der Waals surface area contributed by atoms with Crippen molar-refractivity contribution in [2.45, 2.75) is 0 Å². The highest BCUT2D eigenvalue weighted by atomic mass is 127. The summed E-state index contributed by atoms with van der Waals surface area (Å²) in [6, 6.07) is 7.53. The lowest BCUT2D eigenvalue weighted by Gasteiger charge is -2.04. The Kier molecular flexibility index (Phi) is 5.65. The lowest BCUT2D eigenvalue weighted by atomic mass is 10.2. The Labute approximate surface area is 153 Å². The molecular weight excluding hydrogens is 486 g/mol. The van der Waals surface area contributed by atoms with Crippen molar-refractivity contribution < 1.29 is 15.0 Å². The summed E-state index contributed by atoms with van der Waals surface area (Å²) >= 11 is 11.1. The molecule has 5 nitrogen and oxygen atoms in total. The number of rotatable bonds is 3. The van der Waals surface area contributed by atoms with Gasteiger partial charge in [0.15, 0.2) is 0 Å². The van der Waals surface area contributed by atoms with Gasteiger partial charge in [-0.3, -0.25) is 4.79 Å². The van der Waals surface area contributed by atoms with E-state index in [9.17, 15) is 15.0 Å². The highest BCUT2D eigenvalue weighted by molar-refractivity contribution is 14.1. The molecule has 0 radical (unpaired) electrons. The number of phenols is 2. The molecule has 0 spiro atoms. The highest BCUT2D eigenvalue weighted by Crippen LogP contribution is 2.27. The van der Waals surface area contributed by atoms with Gasteiger partial charge in [-0.2, -0.15) is 5.10 Å². The van der Waals surface area contributed by atoms with Crippen molar-refractivity contribution in [3.8, 4) is 11.5 Å². The molecule has 0 unspecified atom stereocenters. The third kappa shape index (κ3) is 4.11. The zero-order chi connectivity index (χ0) is 16.3. The van der Waals surface area contributed by atoms with Crippen LogP contribution in [0.3, 0.4) is 0 Å². The molecule has 2 aromatic rings. The number of hydrazone groups is 1. The second kappa shape index (κ2) is 7.30. The molecule has 8 heteroatoms. The topological polar surface area (TPSA) is 81.9 Å². The van der Waals surface area contributed by atoms with Crippen LogP contribution in [0.2, 0.25) is 5.02 Å². The molecule has 0 atom stereocenters. The van der Waals surface area contributed by atoms with Crippen molar-refractivity contribution in [2.75, 3.05) is 0 Å². The molecule has 0 saturated heterocycles. The second-order valence-corrected chi connectivity index (χ2v) is 6.70. The average molecular weight is 495 g/mol. The van der Waals surface area contributed by atoms with E-state index in [1.54, 1.807) is 12.1 Å². The fraction of sp³-hybridized carbons (Fsp3) is 0. The van der Waals surface area contributed by atoms with Gasteiger partial charge in [0.25, 0.3) is 5.91 Å². The molecule has 0 heterocycles. The van der Waals surface area contributed by atoms with Gasteiger partial charge in [0, 0.05) is 15.1 Å². The predicted molar refractivity (Wildman–Crippen MR) is 96.7 cm³/mol. The zero-order valence-corrected chi connectivity index (χ0v) is 15.3. The first kappa shape index (κ1) is 17.0. The van der Waals surface area contributed by atoms with Crippen LogP contribution in [-0.2, 0) is 0 Å². The number of nitrogens with zero attached hydrogens (tertiary/aromatic N) is 1. The summed E-state index contributed by atoms with van der Waals surface area (Å²) in [5, 5.41) is 23.6. The lowest BCUT2D eigenvalue weighted by Crippen LogP contribution is -2.17. The zero-order valence-electron chi connectivity index (χ0n) is 10.8. The first-order chi connectivity index (χ1) is 10.4. The third-order valence-electron chi connectivity index (χ3n) is 2.63. The number of amides is 1. The monoisotopic (exact) mass is 494 g/mol.